The predicted octanol–water partition coefficient (Wildman–Crippen LogP) is 0.597. The number of aliphatic carboxylic acids is 1. The molecule has 1 aromatic carbocycles. The van der Waals surface area contributed by atoms with Gasteiger partial charge in [0.15, 0.2) is 11.5 Å². The van der Waals surface area contributed by atoms with E-state index in [4.69, 9.17) is 20.6 Å². The van der Waals surface area contributed by atoms with Crippen LogP contribution in [0.25, 0.3) is 0 Å². The van der Waals surface area contributed by atoms with E-state index in [2.05, 4.69) is 0 Å². The third kappa shape index (κ3) is 1.93. The number of nitriles is 1. The minimum absolute atomic E-state index is 0.138. The standard InChI is InChI=1S/C9H7NO4/c10-4-6-1-5(3-8(12)13)2-7(11)9(6)14/h1-2,11,14H,3H2,(H,12,13). The fraction of sp³-hybridized carbons (Fsp3) is 0.111. The van der Waals surface area contributed by atoms with Gasteiger partial charge in [-0.2, -0.15) is 5.26 Å². The van der Waals surface area contributed by atoms with Gasteiger partial charge in [0.1, 0.15) is 6.07 Å². The van der Waals surface area contributed by atoms with Crippen molar-refractivity contribution in [3.05, 3.63) is 23.3 Å². The predicted molar refractivity (Wildman–Crippen MR) is 45.8 cm³/mol. The van der Waals surface area contributed by atoms with Crippen LogP contribution in [-0.4, -0.2) is 21.3 Å². The lowest BCUT2D eigenvalue weighted by molar-refractivity contribution is -0.136. The van der Waals surface area contributed by atoms with Crippen LogP contribution < -0.4 is 0 Å². The first-order valence-electron chi connectivity index (χ1n) is 3.71. The minimum atomic E-state index is -1.07. The summed E-state index contributed by atoms with van der Waals surface area (Å²) >= 11 is 0. The van der Waals surface area contributed by atoms with E-state index in [1.807, 2.05) is 0 Å². The molecule has 5 heteroatoms. The normalized spacial score (nSPS) is 9.36. The highest BCUT2D eigenvalue weighted by Crippen LogP contribution is 2.29. The van der Waals surface area contributed by atoms with Gasteiger partial charge in [0, 0.05) is 0 Å². The molecule has 0 atom stereocenters. The number of carboxylic acids is 1. The van der Waals surface area contributed by atoms with E-state index < -0.39 is 17.5 Å². The summed E-state index contributed by atoms with van der Waals surface area (Å²) < 4.78 is 0. The van der Waals surface area contributed by atoms with Crippen molar-refractivity contribution >= 4 is 5.97 Å². The Bertz CT molecular complexity index is 420. The summed E-state index contributed by atoms with van der Waals surface area (Å²) in [5, 5.41) is 35.3. The molecule has 5 nitrogen and oxygen atoms in total. The zero-order valence-electron chi connectivity index (χ0n) is 7.06. The second-order valence-electron chi connectivity index (χ2n) is 2.69. The van der Waals surface area contributed by atoms with Gasteiger partial charge in [-0.3, -0.25) is 4.79 Å². The molecule has 3 N–H and O–H groups in total. The first-order chi connectivity index (χ1) is 6.54. The Morgan fingerprint density at radius 1 is 1.43 bits per heavy atom. The number of rotatable bonds is 2. The van der Waals surface area contributed by atoms with Crippen LogP contribution >= 0.6 is 0 Å². The van der Waals surface area contributed by atoms with Crippen LogP contribution in [0.1, 0.15) is 11.1 Å². The van der Waals surface area contributed by atoms with E-state index >= 15 is 0 Å². The zero-order valence-corrected chi connectivity index (χ0v) is 7.06. The molecule has 0 saturated carbocycles. The highest BCUT2D eigenvalue weighted by molar-refractivity contribution is 5.71. The Hall–Kier alpha value is -2.22. The number of benzene rings is 1. The van der Waals surface area contributed by atoms with Gasteiger partial charge >= 0.3 is 5.97 Å². The molecule has 1 rings (SSSR count). The molecular formula is C9H7NO4. The van der Waals surface area contributed by atoms with Crippen molar-refractivity contribution < 1.29 is 20.1 Å². The highest BCUT2D eigenvalue weighted by atomic mass is 16.4. The maximum Gasteiger partial charge on any atom is 0.307 e. The maximum atomic E-state index is 10.3. The molecule has 0 unspecified atom stereocenters. The molecule has 0 saturated heterocycles. The monoisotopic (exact) mass is 193 g/mol. The molecule has 0 amide bonds. The fourth-order valence-corrected chi connectivity index (χ4v) is 1.04. The lowest BCUT2D eigenvalue weighted by Gasteiger charge is -2.02. The average Bonchev–Trinajstić information content (AvgIpc) is 2.10. The summed E-state index contributed by atoms with van der Waals surface area (Å²) in [6, 6.07) is 3.99. The fourth-order valence-electron chi connectivity index (χ4n) is 1.04. The van der Waals surface area contributed by atoms with Gasteiger partial charge in [-0.1, -0.05) is 0 Å². The summed E-state index contributed by atoms with van der Waals surface area (Å²) in [6.07, 6.45) is -0.303. The topological polar surface area (TPSA) is 102 Å². The quantitative estimate of drug-likeness (QED) is 0.597. The van der Waals surface area contributed by atoms with Crippen molar-refractivity contribution in [3.8, 4) is 17.6 Å². The van der Waals surface area contributed by atoms with Crippen LogP contribution in [0.4, 0.5) is 0 Å². The first-order valence-corrected chi connectivity index (χ1v) is 3.71. The maximum absolute atomic E-state index is 10.3. The summed E-state index contributed by atoms with van der Waals surface area (Å²) in [5.74, 6) is -2.08. The van der Waals surface area contributed by atoms with Crippen LogP contribution in [0, 0.1) is 11.3 Å². The molecule has 1 aromatic rings. The van der Waals surface area contributed by atoms with Crippen LogP contribution in [0.5, 0.6) is 11.5 Å². The number of carbonyl (C=O) groups is 1. The van der Waals surface area contributed by atoms with Crippen molar-refractivity contribution in [3.63, 3.8) is 0 Å². The second kappa shape index (κ2) is 3.66. The van der Waals surface area contributed by atoms with Crippen LogP contribution in [-0.2, 0) is 11.2 Å². The van der Waals surface area contributed by atoms with E-state index in [1.54, 1.807) is 6.07 Å². The SMILES string of the molecule is N#Cc1cc(CC(=O)O)cc(O)c1O. The van der Waals surface area contributed by atoms with Gasteiger partial charge in [-0.15, -0.1) is 0 Å². The van der Waals surface area contributed by atoms with Gasteiger partial charge in [-0.25, -0.2) is 0 Å². The summed E-state index contributed by atoms with van der Waals surface area (Å²) in [5.41, 5.74) is 0.130. The summed E-state index contributed by atoms with van der Waals surface area (Å²) in [4.78, 5) is 10.3. The highest BCUT2D eigenvalue weighted by Gasteiger charge is 2.10. The van der Waals surface area contributed by atoms with E-state index in [9.17, 15) is 4.79 Å². The number of hydrogen-bond donors (Lipinski definition) is 3. The van der Waals surface area contributed by atoms with E-state index in [0.29, 0.717) is 0 Å². The van der Waals surface area contributed by atoms with Gasteiger partial charge in [-0.05, 0) is 17.7 Å². The number of phenols is 2. The third-order valence-electron chi connectivity index (χ3n) is 1.63. The van der Waals surface area contributed by atoms with E-state index in [0.717, 1.165) is 6.07 Å². The Labute approximate surface area is 79.5 Å². The van der Waals surface area contributed by atoms with Crippen molar-refractivity contribution in [1.29, 1.82) is 5.26 Å². The molecule has 0 aromatic heterocycles. The molecule has 0 heterocycles. The number of phenolic OH excluding ortho intramolecular Hbond substituents is 2. The summed E-state index contributed by atoms with van der Waals surface area (Å²) in [6.45, 7) is 0. The Morgan fingerprint density at radius 3 is 2.57 bits per heavy atom. The van der Waals surface area contributed by atoms with Crippen molar-refractivity contribution in [2.24, 2.45) is 0 Å². The Morgan fingerprint density at radius 2 is 2.07 bits per heavy atom. The molecule has 0 aliphatic heterocycles. The van der Waals surface area contributed by atoms with Crippen LogP contribution in [0.2, 0.25) is 0 Å². The Kier molecular flexibility index (Phi) is 2.58. The van der Waals surface area contributed by atoms with Gasteiger partial charge in [0.2, 0.25) is 0 Å². The molecule has 0 spiro atoms. The Balaban J connectivity index is 3.18. The molecule has 0 bridgehead atoms. The van der Waals surface area contributed by atoms with Crippen LogP contribution in [0.3, 0.4) is 0 Å². The molecule has 0 fully saturated rings. The number of carboxylic acid groups (broad SMARTS) is 1. The summed E-state index contributed by atoms with van der Waals surface area (Å²) in [7, 11) is 0. The largest absolute Gasteiger partial charge is 0.504 e. The first kappa shape index (κ1) is 9.86. The van der Waals surface area contributed by atoms with Gasteiger partial charge in [0.25, 0.3) is 0 Å². The number of hydrogen-bond acceptors (Lipinski definition) is 4. The van der Waals surface area contributed by atoms with Gasteiger partial charge in [0.05, 0.1) is 12.0 Å². The van der Waals surface area contributed by atoms with E-state index in [-0.39, 0.29) is 17.5 Å². The van der Waals surface area contributed by atoms with Crippen molar-refractivity contribution in [2.45, 2.75) is 6.42 Å². The molecule has 0 aliphatic rings. The van der Waals surface area contributed by atoms with E-state index in [1.165, 1.54) is 6.07 Å². The van der Waals surface area contributed by atoms with Crippen molar-refractivity contribution in [2.75, 3.05) is 0 Å². The van der Waals surface area contributed by atoms with Crippen LogP contribution in [0.15, 0.2) is 12.1 Å². The molecule has 14 heavy (non-hydrogen) atoms. The van der Waals surface area contributed by atoms with Gasteiger partial charge < -0.3 is 15.3 Å². The molecule has 0 radical (unpaired) electrons. The third-order valence-corrected chi connectivity index (χ3v) is 1.63. The molecular weight excluding hydrogens is 186 g/mol. The zero-order chi connectivity index (χ0) is 10.7. The lowest BCUT2D eigenvalue weighted by Crippen LogP contribution is -2.00. The van der Waals surface area contributed by atoms with Crippen molar-refractivity contribution in [1.82, 2.24) is 0 Å². The number of nitrogens with zero attached hydrogens (tertiary/aromatic N) is 1. The lowest BCUT2D eigenvalue weighted by atomic mass is 10.1. The molecule has 72 valence electrons. The number of aromatic hydroxyl groups is 2. The average molecular weight is 193 g/mol. The minimum Gasteiger partial charge on any atom is -0.504 e. The second-order valence-corrected chi connectivity index (χ2v) is 2.69. The smallest absolute Gasteiger partial charge is 0.307 e. The molecule has 0 aliphatic carbocycles.